The van der Waals surface area contributed by atoms with Gasteiger partial charge in [-0.3, -0.25) is 9.48 Å². The lowest BCUT2D eigenvalue weighted by atomic mass is 9.90. The highest BCUT2D eigenvalue weighted by Gasteiger charge is 2.35. The summed E-state index contributed by atoms with van der Waals surface area (Å²) in [6.07, 6.45) is 3.84. The van der Waals surface area contributed by atoms with Crippen LogP contribution in [0.2, 0.25) is 0 Å². The average molecular weight is 328 g/mol. The van der Waals surface area contributed by atoms with Crippen molar-refractivity contribution in [1.82, 2.24) is 20.4 Å². The van der Waals surface area contributed by atoms with Gasteiger partial charge in [-0.25, -0.2) is 0 Å². The second-order valence-corrected chi connectivity index (χ2v) is 6.29. The lowest BCUT2D eigenvalue weighted by Crippen LogP contribution is -2.36. The van der Waals surface area contributed by atoms with Gasteiger partial charge in [-0.2, -0.15) is 5.10 Å². The van der Waals surface area contributed by atoms with E-state index >= 15 is 0 Å². The molecule has 1 aliphatic heterocycles. The van der Waals surface area contributed by atoms with Crippen LogP contribution in [0.25, 0.3) is 0 Å². The van der Waals surface area contributed by atoms with E-state index in [0.717, 1.165) is 23.4 Å². The second kappa shape index (κ2) is 7.05. The van der Waals surface area contributed by atoms with Crippen molar-refractivity contribution in [3.8, 4) is 5.75 Å². The van der Waals surface area contributed by atoms with Crippen molar-refractivity contribution >= 4 is 5.91 Å². The topological polar surface area (TPSA) is 68.2 Å². The molecule has 1 fully saturated rings. The molecule has 0 aliphatic carbocycles. The number of carbonyl (C=O) groups is 1. The summed E-state index contributed by atoms with van der Waals surface area (Å²) in [5.41, 5.74) is 2.09. The van der Waals surface area contributed by atoms with Gasteiger partial charge in [0, 0.05) is 37.8 Å². The molecule has 2 heterocycles. The fourth-order valence-corrected chi connectivity index (χ4v) is 3.36. The Kier molecular flexibility index (Phi) is 4.85. The monoisotopic (exact) mass is 328 g/mol. The summed E-state index contributed by atoms with van der Waals surface area (Å²) in [6, 6.07) is 7.67. The molecule has 2 aromatic rings. The lowest BCUT2D eigenvalue weighted by molar-refractivity contribution is -0.125. The highest BCUT2D eigenvalue weighted by Crippen LogP contribution is 2.30. The number of amides is 1. The molecule has 1 saturated heterocycles. The minimum Gasteiger partial charge on any atom is -0.496 e. The molecule has 0 radical (unpaired) electrons. The van der Waals surface area contributed by atoms with Gasteiger partial charge >= 0.3 is 0 Å². The Bertz CT molecular complexity index is 713. The molecule has 0 saturated carbocycles. The fourth-order valence-electron chi connectivity index (χ4n) is 3.36. The Morgan fingerprint density at radius 2 is 2.21 bits per heavy atom. The van der Waals surface area contributed by atoms with Gasteiger partial charge in [0.1, 0.15) is 5.75 Å². The summed E-state index contributed by atoms with van der Waals surface area (Å²) in [7, 11) is 3.54. The second-order valence-electron chi connectivity index (χ2n) is 6.29. The van der Waals surface area contributed by atoms with Crippen molar-refractivity contribution < 1.29 is 9.53 Å². The molecule has 2 N–H and O–H groups in total. The maximum Gasteiger partial charge on any atom is 0.225 e. The number of hydrogen-bond donors (Lipinski definition) is 2. The van der Waals surface area contributed by atoms with E-state index in [1.54, 1.807) is 11.8 Å². The number of methoxy groups -OCH3 is 1. The van der Waals surface area contributed by atoms with E-state index in [4.69, 9.17) is 4.74 Å². The Balaban J connectivity index is 1.72. The molecule has 128 valence electrons. The number of ether oxygens (including phenoxy) is 1. The predicted molar refractivity (Wildman–Crippen MR) is 91.9 cm³/mol. The quantitative estimate of drug-likeness (QED) is 0.875. The van der Waals surface area contributed by atoms with E-state index in [2.05, 4.69) is 15.7 Å². The van der Waals surface area contributed by atoms with E-state index < -0.39 is 0 Å². The number of aromatic nitrogens is 2. The first-order valence-corrected chi connectivity index (χ1v) is 8.22. The van der Waals surface area contributed by atoms with Crippen molar-refractivity contribution in [2.75, 3.05) is 20.2 Å². The van der Waals surface area contributed by atoms with Gasteiger partial charge in [0.25, 0.3) is 0 Å². The van der Waals surface area contributed by atoms with Crippen LogP contribution in [0, 0.1) is 5.92 Å². The zero-order chi connectivity index (χ0) is 17.1. The van der Waals surface area contributed by atoms with Crippen LogP contribution in [0.15, 0.2) is 36.7 Å². The molecule has 6 heteroatoms. The molecule has 1 aromatic carbocycles. The number of aryl methyl sites for hydroxylation is 1. The third-order valence-electron chi connectivity index (χ3n) is 4.67. The van der Waals surface area contributed by atoms with Crippen LogP contribution in [-0.2, 0) is 11.8 Å². The minimum absolute atomic E-state index is 0.0623. The summed E-state index contributed by atoms with van der Waals surface area (Å²) >= 11 is 0. The number of nitrogens with zero attached hydrogens (tertiary/aromatic N) is 2. The summed E-state index contributed by atoms with van der Waals surface area (Å²) in [5.74, 6) is 0.917. The van der Waals surface area contributed by atoms with Crippen LogP contribution < -0.4 is 15.4 Å². The van der Waals surface area contributed by atoms with Crippen molar-refractivity contribution in [3.05, 3.63) is 47.8 Å². The normalized spacial score (nSPS) is 21.5. The zero-order valence-corrected chi connectivity index (χ0v) is 14.3. The molecule has 1 unspecified atom stereocenters. The summed E-state index contributed by atoms with van der Waals surface area (Å²) < 4.78 is 7.17. The van der Waals surface area contributed by atoms with Crippen LogP contribution in [0.4, 0.5) is 0 Å². The Labute approximate surface area is 142 Å². The van der Waals surface area contributed by atoms with Crippen molar-refractivity contribution in [2.45, 2.75) is 18.9 Å². The smallest absolute Gasteiger partial charge is 0.225 e. The Morgan fingerprint density at radius 1 is 1.42 bits per heavy atom. The first-order valence-electron chi connectivity index (χ1n) is 8.22. The standard InChI is InChI=1S/C18H24N4O2/c1-12(14-6-4-5-7-17(14)24-3)21-18(23)16-10-19-9-15(16)13-8-20-22(2)11-13/h4-8,11-12,15-16,19H,9-10H2,1-3H3,(H,21,23)/t12?,15-,16+/m1/s1. The fraction of sp³-hybridized carbons (Fsp3) is 0.444. The number of para-hydroxylation sites is 1. The van der Waals surface area contributed by atoms with E-state index in [1.807, 2.05) is 50.6 Å². The lowest BCUT2D eigenvalue weighted by Gasteiger charge is -2.22. The summed E-state index contributed by atoms with van der Waals surface area (Å²) in [5, 5.41) is 10.7. The van der Waals surface area contributed by atoms with Gasteiger partial charge in [-0.05, 0) is 18.6 Å². The predicted octanol–water partition coefficient (Wildman–Crippen LogP) is 1.61. The number of rotatable bonds is 5. The zero-order valence-electron chi connectivity index (χ0n) is 14.3. The van der Waals surface area contributed by atoms with Crippen molar-refractivity contribution in [3.63, 3.8) is 0 Å². The van der Waals surface area contributed by atoms with Crippen LogP contribution in [-0.4, -0.2) is 35.9 Å². The maximum atomic E-state index is 12.8. The molecule has 0 bridgehead atoms. The molecule has 6 nitrogen and oxygen atoms in total. The molecule has 24 heavy (non-hydrogen) atoms. The van der Waals surface area contributed by atoms with Crippen LogP contribution in [0.3, 0.4) is 0 Å². The van der Waals surface area contributed by atoms with Gasteiger partial charge < -0.3 is 15.4 Å². The third kappa shape index (κ3) is 3.28. The maximum absolute atomic E-state index is 12.8. The molecular formula is C18H24N4O2. The minimum atomic E-state index is -0.108. The van der Waals surface area contributed by atoms with Crippen molar-refractivity contribution in [1.29, 1.82) is 0 Å². The largest absolute Gasteiger partial charge is 0.496 e. The number of nitrogens with one attached hydrogen (secondary N) is 2. The molecule has 1 aliphatic rings. The summed E-state index contributed by atoms with van der Waals surface area (Å²) in [4.78, 5) is 12.8. The molecule has 0 spiro atoms. The van der Waals surface area contributed by atoms with E-state index in [-0.39, 0.29) is 23.8 Å². The van der Waals surface area contributed by atoms with Gasteiger partial charge in [-0.1, -0.05) is 18.2 Å². The first-order chi connectivity index (χ1) is 11.6. The summed E-state index contributed by atoms with van der Waals surface area (Å²) in [6.45, 7) is 3.47. The van der Waals surface area contributed by atoms with Crippen molar-refractivity contribution in [2.24, 2.45) is 13.0 Å². The Hall–Kier alpha value is -2.34. The highest BCUT2D eigenvalue weighted by molar-refractivity contribution is 5.81. The van der Waals surface area contributed by atoms with Gasteiger partial charge in [-0.15, -0.1) is 0 Å². The van der Waals surface area contributed by atoms with E-state index in [9.17, 15) is 4.79 Å². The number of benzene rings is 1. The Morgan fingerprint density at radius 3 is 2.92 bits per heavy atom. The first kappa shape index (κ1) is 16.5. The van der Waals surface area contributed by atoms with Gasteiger partial charge in [0.2, 0.25) is 5.91 Å². The average Bonchev–Trinajstić information content (AvgIpc) is 3.23. The van der Waals surface area contributed by atoms with Crippen LogP contribution in [0.1, 0.15) is 30.0 Å². The van der Waals surface area contributed by atoms with Crippen LogP contribution >= 0.6 is 0 Å². The van der Waals surface area contributed by atoms with Crippen LogP contribution in [0.5, 0.6) is 5.75 Å². The van der Waals surface area contributed by atoms with E-state index in [1.165, 1.54) is 0 Å². The number of carbonyl (C=O) groups excluding carboxylic acids is 1. The number of hydrogen-bond acceptors (Lipinski definition) is 4. The molecule has 3 rings (SSSR count). The SMILES string of the molecule is COc1ccccc1C(C)NC(=O)[C@H]1CNC[C@@H]1c1cnn(C)c1. The third-order valence-corrected chi connectivity index (χ3v) is 4.67. The molecule has 1 aromatic heterocycles. The van der Waals surface area contributed by atoms with Gasteiger partial charge in [0.05, 0.1) is 25.3 Å². The van der Waals surface area contributed by atoms with E-state index in [0.29, 0.717) is 6.54 Å². The van der Waals surface area contributed by atoms with Gasteiger partial charge in [0.15, 0.2) is 0 Å². The molecule has 3 atom stereocenters. The molecular weight excluding hydrogens is 304 g/mol. The highest BCUT2D eigenvalue weighted by atomic mass is 16.5. The molecule has 1 amide bonds.